The maximum Gasteiger partial charge on any atom is 0.198 e. The van der Waals surface area contributed by atoms with Crippen molar-refractivity contribution in [3.05, 3.63) is 29.3 Å². The molecule has 0 unspecified atom stereocenters. The van der Waals surface area contributed by atoms with Crippen molar-refractivity contribution in [3.63, 3.8) is 0 Å². The molecule has 0 aliphatic heterocycles. The number of rotatable bonds is 2. The van der Waals surface area contributed by atoms with Gasteiger partial charge in [-0.2, -0.15) is 5.26 Å². The van der Waals surface area contributed by atoms with Gasteiger partial charge in [0.1, 0.15) is 0 Å². The zero-order valence-electron chi connectivity index (χ0n) is 9.19. The maximum atomic E-state index is 12.5. The zero-order valence-corrected chi connectivity index (χ0v) is 10.8. The Bertz CT molecular complexity index is 568. The van der Waals surface area contributed by atoms with Gasteiger partial charge in [0.2, 0.25) is 0 Å². The van der Waals surface area contributed by atoms with Crippen molar-refractivity contribution >= 4 is 21.4 Å². The van der Waals surface area contributed by atoms with E-state index in [-0.39, 0.29) is 9.92 Å². The third-order valence-electron chi connectivity index (χ3n) is 3.26. The summed E-state index contributed by atoms with van der Waals surface area (Å²) in [6.45, 7) is 0. The van der Waals surface area contributed by atoms with E-state index in [0.717, 1.165) is 12.8 Å². The van der Waals surface area contributed by atoms with E-state index in [4.69, 9.17) is 11.6 Å². The van der Waals surface area contributed by atoms with Crippen molar-refractivity contribution < 1.29 is 8.42 Å². The Kier molecular flexibility index (Phi) is 3.15. The van der Waals surface area contributed by atoms with E-state index in [9.17, 15) is 13.7 Å². The van der Waals surface area contributed by atoms with E-state index in [2.05, 4.69) is 0 Å². The first-order valence-corrected chi connectivity index (χ1v) is 7.30. The summed E-state index contributed by atoms with van der Waals surface area (Å²) in [7, 11) is -3.67. The highest BCUT2D eigenvalue weighted by atomic mass is 35.5. The lowest BCUT2D eigenvalue weighted by molar-refractivity contribution is 0.557. The van der Waals surface area contributed by atoms with Crippen LogP contribution < -0.4 is 0 Å². The second-order valence-corrected chi connectivity index (χ2v) is 6.88. The molecule has 0 spiro atoms. The number of nitrogens with zero attached hydrogens (tertiary/aromatic N) is 1. The third kappa shape index (κ3) is 1.84. The highest BCUT2D eigenvalue weighted by molar-refractivity contribution is 7.93. The smallest absolute Gasteiger partial charge is 0.198 e. The summed E-state index contributed by atoms with van der Waals surface area (Å²) >= 11 is 5.92. The van der Waals surface area contributed by atoms with Crippen molar-refractivity contribution in [3.8, 4) is 6.07 Å². The van der Waals surface area contributed by atoms with Gasteiger partial charge in [-0.15, -0.1) is 0 Å². The number of benzene rings is 1. The van der Waals surface area contributed by atoms with Gasteiger partial charge in [-0.1, -0.05) is 36.6 Å². The zero-order chi connectivity index (χ0) is 12.5. The second kappa shape index (κ2) is 4.32. The highest BCUT2D eigenvalue weighted by Gasteiger charge is 2.47. The fourth-order valence-electron chi connectivity index (χ4n) is 2.26. The minimum Gasteiger partial charge on any atom is -0.222 e. The molecule has 0 bridgehead atoms. The van der Waals surface area contributed by atoms with E-state index < -0.39 is 14.6 Å². The summed E-state index contributed by atoms with van der Waals surface area (Å²) in [6, 6.07) is 8.30. The summed E-state index contributed by atoms with van der Waals surface area (Å²) in [4.78, 5) is 0.0742. The molecular formula is C12H12ClNO2S. The largest absolute Gasteiger partial charge is 0.222 e. The Labute approximate surface area is 106 Å². The average Bonchev–Trinajstić information content (AvgIpc) is 2.79. The molecule has 0 saturated heterocycles. The molecular weight excluding hydrogens is 258 g/mol. The Balaban J connectivity index is 2.58. The van der Waals surface area contributed by atoms with Gasteiger partial charge in [0.25, 0.3) is 0 Å². The number of hydrogen-bond donors (Lipinski definition) is 0. The molecule has 1 fully saturated rings. The van der Waals surface area contributed by atoms with Crippen LogP contribution in [-0.4, -0.2) is 13.2 Å². The van der Waals surface area contributed by atoms with E-state index in [1.807, 2.05) is 6.07 Å². The van der Waals surface area contributed by atoms with Crippen LogP contribution in [-0.2, 0) is 9.84 Å². The standard InChI is InChI=1S/C12H12ClNO2S/c13-10-5-1-2-6-11(10)17(15,16)12(9-14)7-3-4-8-12/h1-2,5-6H,3-4,7-8H2. The molecule has 1 saturated carbocycles. The van der Waals surface area contributed by atoms with Crippen LogP contribution in [0.5, 0.6) is 0 Å². The average molecular weight is 270 g/mol. The molecule has 0 amide bonds. The second-order valence-electron chi connectivity index (χ2n) is 4.25. The molecule has 1 aromatic rings. The number of sulfone groups is 1. The van der Waals surface area contributed by atoms with E-state index in [0.29, 0.717) is 12.8 Å². The summed E-state index contributed by atoms with van der Waals surface area (Å²) < 4.78 is 23.7. The molecule has 90 valence electrons. The van der Waals surface area contributed by atoms with Gasteiger partial charge in [-0.25, -0.2) is 8.42 Å². The van der Waals surface area contributed by atoms with Crippen LogP contribution >= 0.6 is 11.6 Å². The molecule has 1 aliphatic rings. The van der Waals surface area contributed by atoms with Crippen molar-refractivity contribution in [2.45, 2.75) is 35.3 Å². The molecule has 1 aliphatic carbocycles. The highest BCUT2D eigenvalue weighted by Crippen LogP contribution is 2.41. The van der Waals surface area contributed by atoms with Crippen LogP contribution in [0.15, 0.2) is 29.2 Å². The topological polar surface area (TPSA) is 57.9 Å². The third-order valence-corrected chi connectivity index (χ3v) is 6.16. The fourth-order valence-corrected chi connectivity index (χ4v) is 4.65. The van der Waals surface area contributed by atoms with Crippen LogP contribution in [0.25, 0.3) is 0 Å². The molecule has 0 N–H and O–H groups in total. The van der Waals surface area contributed by atoms with Crippen molar-refractivity contribution in [2.75, 3.05) is 0 Å². The van der Waals surface area contributed by atoms with Crippen molar-refractivity contribution in [1.82, 2.24) is 0 Å². The van der Waals surface area contributed by atoms with Crippen molar-refractivity contribution in [2.24, 2.45) is 0 Å². The van der Waals surface area contributed by atoms with Gasteiger partial charge >= 0.3 is 0 Å². The quantitative estimate of drug-likeness (QED) is 0.829. The molecule has 2 rings (SSSR count). The molecule has 17 heavy (non-hydrogen) atoms. The molecule has 0 radical (unpaired) electrons. The molecule has 1 aromatic carbocycles. The first kappa shape index (κ1) is 12.4. The molecule has 3 nitrogen and oxygen atoms in total. The Morgan fingerprint density at radius 2 is 1.82 bits per heavy atom. The van der Waals surface area contributed by atoms with E-state index in [1.165, 1.54) is 12.1 Å². The Hall–Kier alpha value is -1.05. The fraction of sp³-hybridized carbons (Fsp3) is 0.417. The number of halogens is 1. The summed E-state index contributed by atoms with van der Waals surface area (Å²) in [5, 5.41) is 9.42. The Morgan fingerprint density at radius 1 is 1.24 bits per heavy atom. The first-order chi connectivity index (χ1) is 8.03. The van der Waals surface area contributed by atoms with Crippen LogP contribution in [0.3, 0.4) is 0 Å². The minimum absolute atomic E-state index is 0.0742. The Morgan fingerprint density at radius 3 is 2.35 bits per heavy atom. The molecule has 0 heterocycles. The maximum absolute atomic E-state index is 12.5. The lowest BCUT2D eigenvalue weighted by atomic mass is 10.1. The number of hydrogen-bond acceptors (Lipinski definition) is 3. The van der Waals surface area contributed by atoms with Crippen molar-refractivity contribution in [1.29, 1.82) is 5.26 Å². The van der Waals surface area contributed by atoms with E-state index >= 15 is 0 Å². The van der Waals surface area contributed by atoms with Gasteiger partial charge < -0.3 is 0 Å². The predicted octanol–water partition coefficient (Wildman–Crippen LogP) is 2.95. The molecule has 0 atom stereocenters. The first-order valence-electron chi connectivity index (χ1n) is 5.44. The molecule has 0 aromatic heterocycles. The van der Waals surface area contributed by atoms with Gasteiger partial charge in [0, 0.05) is 0 Å². The molecule has 5 heteroatoms. The summed E-state index contributed by atoms with van der Waals surface area (Å²) in [6.07, 6.45) is 2.35. The van der Waals surface area contributed by atoms with Gasteiger partial charge in [0.05, 0.1) is 16.0 Å². The monoisotopic (exact) mass is 269 g/mol. The van der Waals surface area contributed by atoms with Gasteiger partial charge in [-0.05, 0) is 25.0 Å². The van der Waals surface area contributed by atoms with Crippen LogP contribution in [0, 0.1) is 11.3 Å². The predicted molar refractivity (Wildman–Crippen MR) is 65.4 cm³/mol. The lowest BCUT2D eigenvalue weighted by Crippen LogP contribution is -2.34. The van der Waals surface area contributed by atoms with Crippen LogP contribution in [0.4, 0.5) is 0 Å². The van der Waals surface area contributed by atoms with Crippen LogP contribution in [0.1, 0.15) is 25.7 Å². The summed E-state index contributed by atoms with van der Waals surface area (Å²) in [5.41, 5.74) is 0. The van der Waals surface area contributed by atoms with Gasteiger partial charge in [0.15, 0.2) is 14.6 Å². The SMILES string of the molecule is N#CC1(S(=O)(=O)c2ccccc2Cl)CCCC1. The minimum atomic E-state index is -3.67. The summed E-state index contributed by atoms with van der Waals surface area (Å²) in [5.74, 6) is 0. The van der Waals surface area contributed by atoms with Gasteiger partial charge in [-0.3, -0.25) is 0 Å². The lowest BCUT2D eigenvalue weighted by Gasteiger charge is -2.21. The van der Waals surface area contributed by atoms with E-state index in [1.54, 1.807) is 12.1 Å². The normalized spacial score (nSPS) is 18.8. The van der Waals surface area contributed by atoms with Crippen LogP contribution in [0.2, 0.25) is 5.02 Å². The number of nitriles is 1.